The van der Waals surface area contributed by atoms with Gasteiger partial charge in [-0.05, 0) is 18.6 Å². The summed E-state index contributed by atoms with van der Waals surface area (Å²) in [7, 11) is -3.20. The first-order valence-corrected chi connectivity index (χ1v) is 7.33. The Morgan fingerprint density at radius 2 is 2.12 bits per heavy atom. The largest absolute Gasteiger partial charge is 0.369 e. The number of pyridine rings is 1. The maximum Gasteiger partial charge on any atom is 0.179 e. The number of nitrogens with one attached hydrogen (secondary N) is 1. The quantitative estimate of drug-likeness (QED) is 0.776. The summed E-state index contributed by atoms with van der Waals surface area (Å²) in [6.07, 6.45) is 6.09. The Bertz CT molecular complexity index is 429. The molecule has 0 aliphatic heterocycles. The molecule has 1 aromatic heterocycles. The molecular formula is C11H18N2O2S. The van der Waals surface area contributed by atoms with Crippen LogP contribution in [0.25, 0.3) is 0 Å². The van der Waals surface area contributed by atoms with E-state index in [0.29, 0.717) is 5.82 Å². The molecule has 0 radical (unpaired) electrons. The second-order valence-corrected chi connectivity index (χ2v) is 5.74. The predicted molar refractivity (Wildman–Crippen MR) is 65.4 cm³/mol. The highest BCUT2D eigenvalue weighted by Crippen LogP contribution is 2.17. The van der Waals surface area contributed by atoms with Crippen LogP contribution >= 0.6 is 0 Å². The van der Waals surface area contributed by atoms with Gasteiger partial charge in [-0.15, -0.1) is 0 Å². The smallest absolute Gasteiger partial charge is 0.179 e. The third kappa shape index (κ3) is 3.81. The fourth-order valence-corrected chi connectivity index (χ4v) is 2.21. The predicted octanol–water partition coefficient (Wildman–Crippen LogP) is 2.09. The number of nitrogens with zero attached hydrogens (tertiary/aromatic N) is 1. The van der Waals surface area contributed by atoms with Gasteiger partial charge >= 0.3 is 0 Å². The van der Waals surface area contributed by atoms with E-state index in [9.17, 15) is 8.42 Å². The van der Waals surface area contributed by atoms with Crippen LogP contribution in [-0.2, 0) is 9.84 Å². The Kier molecular flexibility index (Phi) is 4.73. The highest BCUT2D eigenvalue weighted by atomic mass is 32.2. The molecule has 0 atom stereocenters. The summed E-state index contributed by atoms with van der Waals surface area (Å²) in [5.41, 5.74) is 0. The lowest BCUT2D eigenvalue weighted by Crippen LogP contribution is -2.08. The van der Waals surface area contributed by atoms with E-state index >= 15 is 0 Å². The van der Waals surface area contributed by atoms with Crippen LogP contribution in [0.2, 0.25) is 0 Å². The molecule has 0 aromatic carbocycles. The van der Waals surface area contributed by atoms with Crippen LogP contribution in [-0.4, -0.2) is 26.2 Å². The molecule has 4 nitrogen and oxygen atoms in total. The fourth-order valence-electron chi connectivity index (χ4n) is 1.40. The Labute approximate surface area is 97.0 Å². The van der Waals surface area contributed by atoms with E-state index in [-0.39, 0.29) is 4.90 Å². The van der Waals surface area contributed by atoms with Crippen LogP contribution in [0, 0.1) is 0 Å². The standard InChI is InChI=1S/C11H18N2O2S/c1-3-4-5-8-12-11-10(16(2,14)15)7-6-9-13-11/h6-7,9H,3-5,8H2,1-2H3,(H,12,13). The summed E-state index contributed by atoms with van der Waals surface area (Å²) in [5, 5.41) is 3.06. The Morgan fingerprint density at radius 3 is 2.75 bits per heavy atom. The van der Waals surface area contributed by atoms with Crippen molar-refractivity contribution in [1.29, 1.82) is 0 Å². The van der Waals surface area contributed by atoms with Crippen LogP contribution in [0.1, 0.15) is 26.2 Å². The zero-order valence-corrected chi connectivity index (χ0v) is 10.5. The zero-order valence-electron chi connectivity index (χ0n) is 9.73. The van der Waals surface area contributed by atoms with Crippen molar-refractivity contribution >= 4 is 15.7 Å². The molecule has 0 amide bonds. The van der Waals surface area contributed by atoms with Gasteiger partial charge in [0.25, 0.3) is 0 Å². The second-order valence-electron chi connectivity index (χ2n) is 3.76. The van der Waals surface area contributed by atoms with E-state index in [2.05, 4.69) is 17.2 Å². The molecule has 0 bridgehead atoms. The molecule has 0 spiro atoms. The maximum atomic E-state index is 11.5. The zero-order chi connectivity index (χ0) is 12.0. The summed E-state index contributed by atoms with van der Waals surface area (Å²) in [4.78, 5) is 4.32. The molecule has 0 aliphatic rings. The maximum absolute atomic E-state index is 11.5. The molecule has 0 saturated carbocycles. The molecule has 0 unspecified atom stereocenters. The number of sulfone groups is 1. The molecule has 16 heavy (non-hydrogen) atoms. The minimum atomic E-state index is -3.20. The van der Waals surface area contributed by atoms with Crippen LogP contribution in [0.5, 0.6) is 0 Å². The molecule has 0 saturated heterocycles. The fraction of sp³-hybridized carbons (Fsp3) is 0.545. The molecule has 90 valence electrons. The number of aromatic nitrogens is 1. The number of unbranched alkanes of at least 4 members (excludes halogenated alkanes) is 2. The lowest BCUT2D eigenvalue weighted by molar-refractivity contribution is 0.601. The molecule has 0 aliphatic carbocycles. The Morgan fingerprint density at radius 1 is 1.38 bits per heavy atom. The number of anilines is 1. The molecule has 0 fully saturated rings. The van der Waals surface area contributed by atoms with Gasteiger partial charge in [0.2, 0.25) is 0 Å². The van der Waals surface area contributed by atoms with Crippen molar-refractivity contribution in [2.75, 3.05) is 18.1 Å². The van der Waals surface area contributed by atoms with Crippen LogP contribution < -0.4 is 5.32 Å². The van der Waals surface area contributed by atoms with Gasteiger partial charge in [-0.25, -0.2) is 13.4 Å². The van der Waals surface area contributed by atoms with Crippen molar-refractivity contribution in [2.24, 2.45) is 0 Å². The van der Waals surface area contributed by atoms with E-state index in [1.807, 2.05) is 0 Å². The van der Waals surface area contributed by atoms with Crippen LogP contribution in [0.3, 0.4) is 0 Å². The summed E-state index contributed by atoms with van der Waals surface area (Å²) in [5.74, 6) is 0.459. The van der Waals surface area contributed by atoms with E-state index in [4.69, 9.17) is 0 Å². The normalized spacial score (nSPS) is 11.4. The summed E-state index contributed by atoms with van der Waals surface area (Å²) in [6.45, 7) is 2.88. The third-order valence-electron chi connectivity index (χ3n) is 2.24. The first-order valence-electron chi connectivity index (χ1n) is 5.44. The number of hydrogen-bond donors (Lipinski definition) is 1. The first kappa shape index (κ1) is 13.0. The van der Waals surface area contributed by atoms with Gasteiger partial charge in [-0.3, -0.25) is 0 Å². The lowest BCUT2D eigenvalue weighted by Gasteiger charge is -2.08. The van der Waals surface area contributed by atoms with Crippen molar-refractivity contribution in [1.82, 2.24) is 4.98 Å². The van der Waals surface area contributed by atoms with Crippen LogP contribution in [0.15, 0.2) is 23.2 Å². The average molecular weight is 242 g/mol. The number of hydrogen-bond acceptors (Lipinski definition) is 4. The molecule has 1 N–H and O–H groups in total. The monoisotopic (exact) mass is 242 g/mol. The molecule has 5 heteroatoms. The van der Waals surface area contributed by atoms with Gasteiger partial charge in [-0.2, -0.15) is 0 Å². The topological polar surface area (TPSA) is 59.1 Å². The number of rotatable bonds is 6. The van der Waals surface area contributed by atoms with Gasteiger partial charge < -0.3 is 5.32 Å². The molecule has 1 rings (SSSR count). The lowest BCUT2D eigenvalue weighted by atomic mass is 10.2. The van der Waals surface area contributed by atoms with Gasteiger partial charge in [0.1, 0.15) is 10.7 Å². The van der Waals surface area contributed by atoms with Gasteiger partial charge in [0.05, 0.1) is 0 Å². The first-order chi connectivity index (χ1) is 7.55. The van der Waals surface area contributed by atoms with Gasteiger partial charge in [0, 0.05) is 19.0 Å². The third-order valence-corrected chi connectivity index (χ3v) is 3.37. The SMILES string of the molecule is CCCCCNc1ncccc1S(C)(=O)=O. The second kappa shape index (κ2) is 5.84. The van der Waals surface area contributed by atoms with Crippen molar-refractivity contribution in [3.8, 4) is 0 Å². The summed E-state index contributed by atoms with van der Waals surface area (Å²) in [6, 6.07) is 3.21. The Balaban J connectivity index is 2.73. The van der Waals surface area contributed by atoms with Gasteiger partial charge in [0.15, 0.2) is 9.84 Å². The summed E-state index contributed by atoms with van der Waals surface area (Å²) < 4.78 is 22.9. The molecule has 1 heterocycles. The summed E-state index contributed by atoms with van der Waals surface area (Å²) >= 11 is 0. The van der Waals surface area contributed by atoms with Crippen LogP contribution in [0.4, 0.5) is 5.82 Å². The van der Waals surface area contributed by atoms with Gasteiger partial charge in [-0.1, -0.05) is 19.8 Å². The van der Waals surface area contributed by atoms with E-state index in [1.54, 1.807) is 18.3 Å². The minimum absolute atomic E-state index is 0.270. The van der Waals surface area contributed by atoms with Crippen molar-refractivity contribution < 1.29 is 8.42 Å². The van der Waals surface area contributed by atoms with E-state index in [1.165, 1.54) is 6.26 Å². The van der Waals surface area contributed by atoms with E-state index < -0.39 is 9.84 Å². The van der Waals surface area contributed by atoms with Crippen molar-refractivity contribution in [3.05, 3.63) is 18.3 Å². The van der Waals surface area contributed by atoms with E-state index in [0.717, 1.165) is 25.8 Å². The highest BCUT2D eigenvalue weighted by Gasteiger charge is 2.12. The molecule has 1 aromatic rings. The van der Waals surface area contributed by atoms with Crippen molar-refractivity contribution in [3.63, 3.8) is 0 Å². The average Bonchev–Trinajstić information content (AvgIpc) is 2.24. The minimum Gasteiger partial charge on any atom is -0.369 e. The van der Waals surface area contributed by atoms with Crippen molar-refractivity contribution in [2.45, 2.75) is 31.1 Å². The Hall–Kier alpha value is -1.10. The highest BCUT2D eigenvalue weighted by molar-refractivity contribution is 7.90. The molecular weight excluding hydrogens is 224 g/mol.